The van der Waals surface area contributed by atoms with Crippen molar-refractivity contribution in [2.45, 2.75) is 19.4 Å². The van der Waals surface area contributed by atoms with E-state index in [0.717, 1.165) is 27.8 Å². The predicted octanol–water partition coefficient (Wildman–Crippen LogP) is 6.77. The van der Waals surface area contributed by atoms with Crippen LogP contribution in [-0.2, 0) is 24.2 Å². The van der Waals surface area contributed by atoms with Gasteiger partial charge in [0.15, 0.2) is 0 Å². The van der Waals surface area contributed by atoms with E-state index in [1.807, 2.05) is 30.3 Å². The summed E-state index contributed by atoms with van der Waals surface area (Å²) in [5.41, 5.74) is 4.14. The first kappa shape index (κ1) is 20.5. The van der Waals surface area contributed by atoms with Gasteiger partial charge in [0.05, 0.1) is 17.3 Å². The Bertz CT molecular complexity index is 1190. The van der Waals surface area contributed by atoms with E-state index in [9.17, 15) is 4.39 Å². The molecule has 0 atom stereocenters. The number of aryl methyl sites for hydroxylation is 2. The molecule has 30 heavy (non-hydrogen) atoms. The molecule has 0 N–H and O–H groups in total. The second-order valence-corrected chi connectivity index (χ2v) is 7.61. The van der Waals surface area contributed by atoms with Crippen LogP contribution in [0.4, 0.5) is 8.78 Å². The number of rotatable bonds is 6. The molecular weight excluding hydrogens is 404 g/mol. The van der Waals surface area contributed by atoms with Crippen molar-refractivity contribution < 1.29 is 13.5 Å². The first-order valence-corrected chi connectivity index (χ1v) is 10.0. The summed E-state index contributed by atoms with van der Waals surface area (Å²) in [6.07, 6.45) is 2.80. The number of aromatic nitrogens is 1. The number of nitrogens with zero attached hydrogens (tertiary/aromatic N) is 1. The normalized spacial score (nSPS) is 11.2. The molecule has 5 heteroatoms. The average Bonchev–Trinajstić information content (AvgIpc) is 2.76. The van der Waals surface area contributed by atoms with Gasteiger partial charge in [0, 0.05) is 24.3 Å². The van der Waals surface area contributed by atoms with E-state index in [1.165, 1.54) is 12.1 Å². The van der Waals surface area contributed by atoms with Crippen LogP contribution in [0.2, 0.25) is 5.02 Å². The van der Waals surface area contributed by atoms with Gasteiger partial charge in [-0.15, -0.1) is 0 Å². The third-order valence-electron chi connectivity index (χ3n) is 5.13. The topological polar surface area (TPSA) is 22.1 Å². The molecule has 0 saturated carbocycles. The van der Waals surface area contributed by atoms with Gasteiger partial charge in [-0.2, -0.15) is 0 Å². The third kappa shape index (κ3) is 4.35. The Balaban J connectivity index is 1.56. The maximum atomic E-state index is 15.1. The molecular formula is C25H20ClF2NO. The molecule has 0 aliphatic rings. The molecule has 4 rings (SSSR count). The summed E-state index contributed by atoms with van der Waals surface area (Å²) < 4.78 is 33.8. The molecule has 0 unspecified atom stereocenters. The lowest BCUT2D eigenvalue weighted by Gasteiger charge is -2.09. The average molecular weight is 424 g/mol. The Kier molecular flexibility index (Phi) is 6.07. The SMILES string of the molecule is COCc1ccc(-c2ccc3c(F)c(CCc4ccc(Cl)c(F)c4)ccc3c2)nc1. The van der Waals surface area contributed by atoms with Gasteiger partial charge in [-0.25, -0.2) is 8.78 Å². The molecule has 152 valence electrons. The number of methoxy groups -OCH3 is 1. The molecule has 0 amide bonds. The number of fused-ring (bicyclic) bond motifs is 1. The Morgan fingerprint density at radius 1 is 0.900 bits per heavy atom. The fraction of sp³-hybridized carbons (Fsp3) is 0.160. The lowest BCUT2D eigenvalue weighted by molar-refractivity contribution is 0.184. The smallest absolute Gasteiger partial charge is 0.142 e. The minimum absolute atomic E-state index is 0.0919. The van der Waals surface area contributed by atoms with E-state index in [4.69, 9.17) is 16.3 Å². The zero-order chi connectivity index (χ0) is 21.1. The van der Waals surface area contributed by atoms with Crippen molar-refractivity contribution in [3.8, 4) is 11.3 Å². The maximum Gasteiger partial charge on any atom is 0.142 e. The van der Waals surface area contributed by atoms with Crippen molar-refractivity contribution in [1.29, 1.82) is 0 Å². The first-order valence-electron chi connectivity index (χ1n) is 9.64. The number of hydrogen-bond acceptors (Lipinski definition) is 2. The van der Waals surface area contributed by atoms with E-state index in [2.05, 4.69) is 4.98 Å². The van der Waals surface area contributed by atoms with Crippen LogP contribution < -0.4 is 0 Å². The first-order chi connectivity index (χ1) is 14.5. The summed E-state index contributed by atoms with van der Waals surface area (Å²) >= 11 is 5.72. The molecule has 2 nitrogen and oxygen atoms in total. The zero-order valence-corrected chi connectivity index (χ0v) is 17.2. The van der Waals surface area contributed by atoms with Crippen molar-refractivity contribution in [1.82, 2.24) is 4.98 Å². The maximum absolute atomic E-state index is 15.1. The summed E-state index contributed by atoms with van der Waals surface area (Å²) in [5.74, 6) is -0.693. The minimum atomic E-state index is -0.454. The Hall–Kier alpha value is -2.82. The molecule has 0 fully saturated rings. The second-order valence-electron chi connectivity index (χ2n) is 7.21. The van der Waals surface area contributed by atoms with E-state index in [0.29, 0.717) is 30.4 Å². The van der Waals surface area contributed by atoms with Crippen LogP contribution in [-0.4, -0.2) is 12.1 Å². The molecule has 0 radical (unpaired) electrons. The zero-order valence-electron chi connectivity index (χ0n) is 16.5. The van der Waals surface area contributed by atoms with E-state index >= 15 is 4.39 Å². The van der Waals surface area contributed by atoms with Crippen molar-refractivity contribution in [2.75, 3.05) is 7.11 Å². The van der Waals surface area contributed by atoms with Gasteiger partial charge in [0.25, 0.3) is 0 Å². The van der Waals surface area contributed by atoms with Crippen LogP contribution in [0, 0.1) is 11.6 Å². The highest BCUT2D eigenvalue weighted by Crippen LogP contribution is 2.27. The van der Waals surface area contributed by atoms with Gasteiger partial charge in [0.2, 0.25) is 0 Å². The molecule has 0 saturated heterocycles. The highest BCUT2D eigenvalue weighted by atomic mass is 35.5. The van der Waals surface area contributed by atoms with Gasteiger partial charge in [-0.3, -0.25) is 4.98 Å². The highest BCUT2D eigenvalue weighted by Gasteiger charge is 2.10. The van der Waals surface area contributed by atoms with Crippen LogP contribution in [0.15, 0.2) is 66.9 Å². The lowest BCUT2D eigenvalue weighted by Crippen LogP contribution is -1.97. The van der Waals surface area contributed by atoms with E-state index in [-0.39, 0.29) is 10.8 Å². The summed E-state index contributed by atoms with van der Waals surface area (Å²) in [6, 6.07) is 17.9. The fourth-order valence-electron chi connectivity index (χ4n) is 3.51. The lowest BCUT2D eigenvalue weighted by atomic mass is 9.98. The van der Waals surface area contributed by atoms with Crippen molar-refractivity contribution in [2.24, 2.45) is 0 Å². The molecule has 1 heterocycles. The third-order valence-corrected chi connectivity index (χ3v) is 5.44. The number of benzene rings is 3. The Labute approximate surface area is 179 Å². The molecule has 0 spiro atoms. The second kappa shape index (κ2) is 8.90. The van der Waals surface area contributed by atoms with Crippen LogP contribution in [0.1, 0.15) is 16.7 Å². The van der Waals surface area contributed by atoms with Gasteiger partial charge >= 0.3 is 0 Å². The highest BCUT2D eigenvalue weighted by molar-refractivity contribution is 6.30. The summed E-state index contributed by atoms with van der Waals surface area (Å²) in [7, 11) is 1.65. The summed E-state index contributed by atoms with van der Waals surface area (Å²) in [5, 5.41) is 1.47. The molecule has 3 aromatic carbocycles. The Morgan fingerprint density at radius 2 is 1.73 bits per heavy atom. The molecule has 4 aromatic rings. The van der Waals surface area contributed by atoms with Crippen molar-refractivity contribution in [3.63, 3.8) is 0 Å². The van der Waals surface area contributed by atoms with Gasteiger partial charge in [-0.1, -0.05) is 48.0 Å². The van der Waals surface area contributed by atoms with Gasteiger partial charge in [0.1, 0.15) is 11.6 Å². The van der Waals surface area contributed by atoms with Crippen LogP contribution in [0.3, 0.4) is 0 Å². The van der Waals surface area contributed by atoms with Crippen molar-refractivity contribution in [3.05, 3.63) is 100 Å². The summed E-state index contributed by atoms with van der Waals surface area (Å²) in [4.78, 5) is 4.48. The largest absolute Gasteiger partial charge is 0.380 e. The van der Waals surface area contributed by atoms with E-state index < -0.39 is 5.82 Å². The molecule has 0 aliphatic carbocycles. The van der Waals surface area contributed by atoms with Crippen LogP contribution in [0.5, 0.6) is 0 Å². The molecule has 0 aliphatic heterocycles. The number of hydrogen-bond donors (Lipinski definition) is 0. The molecule has 0 bridgehead atoms. The van der Waals surface area contributed by atoms with Crippen molar-refractivity contribution >= 4 is 22.4 Å². The minimum Gasteiger partial charge on any atom is -0.380 e. The van der Waals surface area contributed by atoms with E-state index in [1.54, 1.807) is 31.5 Å². The predicted molar refractivity (Wildman–Crippen MR) is 117 cm³/mol. The quantitative estimate of drug-likeness (QED) is 0.341. The number of pyridine rings is 1. The number of ether oxygens (including phenoxy) is 1. The summed E-state index contributed by atoms with van der Waals surface area (Å²) in [6.45, 7) is 0.516. The fourth-order valence-corrected chi connectivity index (χ4v) is 3.63. The number of halogens is 3. The Morgan fingerprint density at radius 3 is 2.47 bits per heavy atom. The van der Waals surface area contributed by atoms with Gasteiger partial charge in [-0.05, 0) is 59.2 Å². The van der Waals surface area contributed by atoms with Crippen LogP contribution in [0.25, 0.3) is 22.0 Å². The standard InChI is InChI=1S/C25H20ClF2NO/c1-30-15-17-4-11-24(29-14-17)20-8-9-21-19(13-20)7-6-18(25(21)28)5-2-16-3-10-22(26)23(27)12-16/h3-4,6-14H,2,5,15H2,1H3. The van der Waals surface area contributed by atoms with Gasteiger partial charge < -0.3 is 4.74 Å². The monoisotopic (exact) mass is 423 g/mol. The molecule has 1 aromatic heterocycles. The van der Waals surface area contributed by atoms with Crippen LogP contribution >= 0.6 is 11.6 Å².